The minimum atomic E-state index is -0.259. The minimum Gasteiger partial charge on any atom is -0.497 e. The summed E-state index contributed by atoms with van der Waals surface area (Å²) in [7, 11) is 1.59. The highest BCUT2D eigenvalue weighted by Crippen LogP contribution is 2.37. The maximum absolute atomic E-state index is 12.4. The summed E-state index contributed by atoms with van der Waals surface area (Å²) in [5.74, 6) is 0.767. The molecule has 0 bridgehead atoms. The summed E-state index contributed by atoms with van der Waals surface area (Å²) < 4.78 is 5.10. The van der Waals surface area contributed by atoms with Gasteiger partial charge in [-0.15, -0.1) is 0 Å². The SMILES string of the molecule is COc1ccc(NC(=O)C2(C)CCCCC2)c(N)c1. The van der Waals surface area contributed by atoms with Crippen molar-refractivity contribution in [3.8, 4) is 5.75 Å². The molecule has 1 aromatic carbocycles. The van der Waals surface area contributed by atoms with Crippen molar-refractivity contribution in [2.45, 2.75) is 39.0 Å². The van der Waals surface area contributed by atoms with Crippen LogP contribution in [0.2, 0.25) is 0 Å². The number of nitrogen functional groups attached to an aromatic ring is 1. The zero-order valence-corrected chi connectivity index (χ0v) is 11.7. The van der Waals surface area contributed by atoms with Gasteiger partial charge < -0.3 is 15.8 Å². The molecule has 1 aromatic rings. The van der Waals surface area contributed by atoms with Crippen molar-refractivity contribution in [1.29, 1.82) is 0 Å². The number of nitrogens with one attached hydrogen (secondary N) is 1. The molecule has 0 aliphatic heterocycles. The van der Waals surface area contributed by atoms with Crippen LogP contribution in [0, 0.1) is 5.41 Å². The molecule has 3 N–H and O–H groups in total. The molecular formula is C15H22N2O2. The predicted octanol–water partition coefficient (Wildman–Crippen LogP) is 3.19. The number of amides is 1. The van der Waals surface area contributed by atoms with E-state index in [4.69, 9.17) is 10.5 Å². The summed E-state index contributed by atoms with van der Waals surface area (Å²) in [4.78, 5) is 12.4. The van der Waals surface area contributed by atoms with Crippen molar-refractivity contribution in [3.63, 3.8) is 0 Å². The highest BCUT2D eigenvalue weighted by Gasteiger charge is 2.34. The van der Waals surface area contributed by atoms with Gasteiger partial charge in [-0.05, 0) is 25.0 Å². The van der Waals surface area contributed by atoms with Gasteiger partial charge in [-0.3, -0.25) is 4.79 Å². The Morgan fingerprint density at radius 2 is 2.00 bits per heavy atom. The van der Waals surface area contributed by atoms with Crippen molar-refractivity contribution in [3.05, 3.63) is 18.2 Å². The lowest BCUT2D eigenvalue weighted by molar-refractivity contribution is -0.126. The van der Waals surface area contributed by atoms with E-state index < -0.39 is 0 Å². The summed E-state index contributed by atoms with van der Waals surface area (Å²) in [5.41, 5.74) is 6.86. The molecule has 0 atom stereocenters. The maximum Gasteiger partial charge on any atom is 0.230 e. The first-order chi connectivity index (χ1) is 9.05. The molecule has 0 heterocycles. The van der Waals surface area contributed by atoms with Gasteiger partial charge in [0.15, 0.2) is 0 Å². The van der Waals surface area contributed by atoms with E-state index in [1.165, 1.54) is 6.42 Å². The Bertz CT molecular complexity index is 465. The number of nitrogens with two attached hydrogens (primary N) is 1. The number of methoxy groups -OCH3 is 1. The molecule has 1 aliphatic carbocycles. The topological polar surface area (TPSA) is 64.3 Å². The van der Waals surface area contributed by atoms with Crippen LogP contribution in [0.5, 0.6) is 5.75 Å². The monoisotopic (exact) mass is 262 g/mol. The number of benzene rings is 1. The third kappa shape index (κ3) is 3.00. The van der Waals surface area contributed by atoms with Crippen LogP contribution in [-0.4, -0.2) is 13.0 Å². The Labute approximate surface area is 114 Å². The van der Waals surface area contributed by atoms with Crippen LogP contribution in [0.15, 0.2) is 18.2 Å². The van der Waals surface area contributed by atoms with Gasteiger partial charge in [-0.2, -0.15) is 0 Å². The maximum atomic E-state index is 12.4. The van der Waals surface area contributed by atoms with Crippen LogP contribution in [0.1, 0.15) is 39.0 Å². The minimum absolute atomic E-state index is 0.0732. The largest absolute Gasteiger partial charge is 0.497 e. The van der Waals surface area contributed by atoms with Gasteiger partial charge in [-0.1, -0.05) is 26.2 Å². The highest BCUT2D eigenvalue weighted by molar-refractivity contribution is 5.97. The zero-order valence-electron chi connectivity index (χ0n) is 11.7. The second kappa shape index (κ2) is 5.51. The molecule has 0 radical (unpaired) electrons. The molecule has 4 nitrogen and oxygen atoms in total. The van der Waals surface area contributed by atoms with E-state index in [9.17, 15) is 4.79 Å². The first-order valence-electron chi connectivity index (χ1n) is 6.80. The highest BCUT2D eigenvalue weighted by atomic mass is 16.5. The predicted molar refractivity (Wildman–Crippen MR) is 77.2 cm³/mol. The van der Waals surface area contributed by atoms with E-state index in [0.29, 0.717) is 17.1 Å². The number of hydrogen-bond acceptors (Lipinski definition) is 3. The van der Waals surface area contributed by atoms with Crippen LogP contribution >= 0.6 is 0 Å². The molecule has 0 aromatic heterocycles. The van der Waals surface area contributed by atoms with Crippen molar-refractivity contribution in [2.75, 3.05) is 18.2 Å². The molecule has 19 heavy (non-hydrogen) atoms. The summed E-state index contributed by atoms with van der Waals surface area (Å²) in [6, 6.07) is 5.31. The summed E-state index contributed by atoms with van der Waals surface area (Å²) in [6.07, 6.45) is 5.39. The van der Waals surface area contributed by atoms with Crippen LogP contribution in [0.25, 0.3) is 0 Å². The molecule has 0 spiro atoms. The normalized spacial score (nSPS) is 17.8. The van der Waals surface area contributed by atoms with Crippen LogP contribution in [0.3, 0.4) is 0 Å². The molecular weight excluding hydrogens is 240 g/mol. The lowest BCUT2D eigenvalue weighted by Gasteiger charge is -2.32. The van der Waals surface area contributed by atoms with E-state index in [1.54, 1.807) is 25.3 Å². The number of carbonyl (C=O) groups excluding carboxylic acids is 1. The fourth-order valence-electron chi connectivity index (χ4n) is 2.61. The van der Waals surface area contributed by atoms with Gasteiger partial charge >= 0.3 is 0 Å². The number of hydrogen-bond donors (Lipinski definition) is 2. The van der Waals surface area contributed by atoms with Crippen LogP contribution in [-0.2, 0) is 4.79 Å². The second-order valence-corrected chi connectivity index (χ2v) is 5.53. The standard InChI is InChI=1S/C15H22N2O2/c1-15(8-4-3-5-9-15)14(18)17-13-7-6-11(19-2)10-12(13)16/h6-7,10H,3-5,8-9,16H2,1-2H3,(H,17,18). The lowest BCUT2D eigenvalue weighted by Crippen LogP contribution is -2.35. The number of rotatable bonds is 3. The van der Waals surface area contributed by atoms with Gasteiger partial charge in [0.2, 0.25) is 5.91 Å². The van der Waals surface area contributed by atoms with Gasteiger partial charge in [-0.25, -0.2) is 0 Å². The number of carbonyl (C=O) groups is 1. The average molecular weight is 262 g/mol. The number of anilines is 2. The Morgan fingerprint density at radius 1 is 1.32 bits per heavy atom. The van der Waals surface area contributed by atoms with E-state index in [1.807, 2.05) is 6.92 Å². The third-order valence-corrected chi connectivity index (χ3v) is 4.01. The quantitative estimate of drug-likeness (QED) is 0.822. The Kier molecular flexibility index (Phi) is 3.98. The fraction of sp³-hybridized carbons (Fsp3) is 0.533. The zero-order chi connectivity index (χ0) is 13.9. The van der Waals surface area contributed by atoms with E-state index in [0.717, 1.165) is 25.7 Å². The van der Waals surface area contributed by atoms with Gasteiger partial charge in [0.1, 0.15) is 5.75 Å². The van der Waals surface area contributed by atoms with Crippen molar-refractivity contribution in [2.24, 2.45) is 5.41 Å². The first kappa shape index (κ1) is 13.7. The van der Waals surface area contributed by atoms with Crippen LogP contribution in [0.4, 0.5) is 11.4 Å². The van der Waals surface area contributed by atoms with Gasteiger partial charge in [0, 0.05) is 11.5 Å². The smallest absolute Gasteiger partial charge is 0.230 e. The van der Waals surface area contributed by atoms with Crippen LogP contribution < -0.4 is 15.8 Å². The first-order valence-corrected chi connectivity index (χ1v) is 6.80. The summed E-state index contributed by atoms with van der Waals surface area (Å²) >= 11 is 0. The Balaban J connectivity index is 2.10. The second-order valence-electron chi connectivity index (χ2n) is 5.53. The Hall–Kier alpha value is -1.71. The summed E-state index contributed by atoms with van der Waals surface area (Å²) in [5, 5.41) is 2.95. The van der Waals surface area contributed by atoms with Crippen molar-refractivity contribution in [1.82, 2.24) is 0 Å². The fourth-order valence-corrected chi connectivity index (χ4v) is 2.61. The summed E-state index contributed by atoms with van der Waals surface area (Å²) in [6.45, 7) is 2.04. The molecule has 1 fully saturated rings. The average Bonchev–Trinajstić information content (AvgIpc) is 2.41. The van der Waals surface area contributed by atoms with Gasteiger partial charge in [0.05, 0.1) is 18.5 Å². The lowest BCUT2D eigenvalue weighted by atomic mass is 9.75. The van der Waals surface area contributed by atoms with E-state index >= 15 is 0 Å². The van der Waals surface area contributed by atoms with Gasteiger partial charge in [0.25, 0.3) is 0 Å². The molecule has 1 amide bonds. The van der Waals surface area contributed by atoms with Crippen molar-refractivity contribution < 1.29 is 9.53 Å². The molecule has 1 saturated carbocycles. The van der Waals surface area contributed by atoms with E-state index in [-0.39, 0.29) is 11.3 Å². The van der Waals surface area contributed by atoms with Crippen molar-refractivity contribution >= 4 is 17.3 Å². The third-order valence-electron chi connectivity index (χ3n) is 4.01. The molecule has 4 heteroatoms. The number of ether oxygens (including phenoxy) is 1. The molecule has 2 rings (SSSR count). The molecule has 1 aliphatic rings. The molecule has 104 valence electrons. The Morgan fingerprint density at radius 3 is 2.58 bits per heavy atom. The molecule has 0 saturated heterocycles. The molecule has 0 unspecified atom stereocenters. The van der Waals surface area contributed by atoms with E-state index in [2.05, 4.69) is 5.32 Å².